The number of carbonyl (C=O) groups excluding carboxylic acids is 1. The molecule has 0 spiro atoms. The van der Waals surface area contributed by atoms with Gasteiger partial charge in [-0.25, -0.2) is 0 Å². The van der Waals surface area contributed by atoms with E-state index in [2.05, 4.69) is 10.5 Å². The molecule has 88 valence electrons. The third-order valence-electron chi connectivity index (χ3n) is 1.99. The molecule has 2 N–H and O–H groups in total. The zero-order chi connectivity index (χ0) is 12.0. The number of carboxylic acids is 1. The molecule has 0 atom stereocenters. The first-order chi connectivity index (χ1) is 7.63. The van der Waals surface area contributed by atoms with E-state index in [1.54, 1.807) is 6.07 Å². The van der Waals surface area contributed by atoms with Gasteiger partial charge >= 0.3 is 5.97 Å². The highest BCUT2D eigenvalue weighted by molar-refractivity contribution is 5.92. The van der Waals surface area contributed by atoms with Gasteiger partial charge in [0.1, 0.15) is 5.76 Å². The van der Waals surface area contributed by atoms with Crippen molar-refractivity contribution >= 4 is 11.9 Å². The van der Waals surface area contributed by atoms with Crippen LogP contribution in [0.4, 0.5) is 0 Å². The number of amides is 1. The van der Waals surface area contributed by atoms with Crippen molar-refractivity contribution in [3.05, 3.63) is 17.5 Å². The van der Waals surface area contributed by atoms with Gasteiger partial charge in [0, 0.05) is 25.5 Å². The third-order valence-corrected chi connectivity index (χ3v) is 1.99. The van der Waals surface area contributed by atoms with E-state index in [1.807, 2.05) is 6.92 Å². The fourth-order valence-corrected chi connectivity index (χ4v) is 1.12. The van der Waals surface area contributed by atoms with E-state index in [1.165, 1.54) is 0 Å². The summed E-state index contributed by atoms with van der Waals surface area (Å²) < 4.78 is 4.87. The molecule has 0 aliphatic rings. The molecule has 0 bridgehead atoms. The first-order valence-corrected chi connectivity index (χ1v) is 5.09. The van der Waals surface area contributed by atoms with Gasteiger partial charge < -0.3 is 14.9 Å². The molecule has 1 aromatic rings. The largest absolute Gasteiger partial charge is 0.481 e. The average Bonchev–Trinajstić information content (AvgIpc) is 2.72. The summed E-state index contributed by atoms with van der Waals surface area (Å²) in [5.41, 5.74) is 0.229. The van der Waals surface area contributed by atoms with Crippen LogP contribution in [0, 0.1) is 0 Å². The summed E-state index contributed by atoms with van der Waals surface area (Å²) >= 11 is 0. The molecular formula is C10H14N2O4. The molecule has 1 aromatic heterocycles. The minimum atomic E-state index is -0.871. The second-order valence-electron chi connectivity index (χ2n) is 3.29. The molecule has 0 saturated heterocycles. The van der Waals surface area contributed by atoms with E-state index < -0.39 is 5.97 Å². The molecule has 0 saturated carbocycles. The maximum absolute atomic E-state index is 11.4. The Hall–Kier alpha value is -1.85. The summed E-state index contributed by atoms with van der Waals surface area (Å²) in [6, 6.07) is 1.58. The highest BCUT2D eigenvalue weighted by Gasteiger charge is 2.10. The lowest BCUT2D eigenvalue weighted by molar-refractivity contribution is -0.137. The van der Waals surface area contributed by atoms with Gasteiger partial charge in [-0.2, -0.15) is 0 Å². The molecule has 0 aromatic carbocycles. The summed E-state index contributed by atoms with van der Waals surface area (Å²) in [5, 5.41) is 14.6. The van der Waals surface area contributed by atoms with Crippen molar-refractivity contribution < 1.29 is 19.2 Å². The summed E-state index contributed by atoms with van der Waals surface area (Å²) in [6.45, 7) is 2.22. The van der Waals surface area contributed by atoms with Crippen LogP contribution >= 0.6 is 0 Å². The first-order valence-electron chi connectivity index (χ1n) is 5.09. The first kappa shape index (κ1) is 12.2. The van der Waals surface area contributed by atoms with Crippen LogP contribution in [0.1, 0.15) is 36.0 Å². The number of carboxylic acid groups (broad SMARTS) is 1. The predicted molar refractivity (Wildman–Crippen MR) is 55.1 cm³/mol. The smallest absolute Gasteiger partial charge is 0.303 e. The normalized spacial score (nSPS) is 10.1. The Labute approximate surface area is 92.6 Å². The fraction of sp³-hybridized carbons (Fsp3) is 0.500. The van der Waals surface area contributed by atoms with Gasteiger partial charge in [0.2, 0.25) is 0 Å². The molecule has 0 aliphatic heterocycles. The van der Waals surface area contributed by atoms with Crippen molar-refractivity contribution in [1.29, 1.82) is 0 Å². The highest BCUT2D eigenvalue weighted by Crippen LogP contribution is 2.03. The van der Waals surface area contributed by atoms with Crippen molar-refractivity contribution in [2.45, 2.75) is 26.2 Å². The molecule has 1 rings (SSSR count). The van der Waals surface area contributed by atoms with Crippen molar-refractivity contribution in [1.82, 2.24) is 10.5 Å². The van der Waals surface area contributed by atoms with Gasteiger partial charge in [-0.3, -0.25) is 9.59 Å². The minimum Gasteiger partial charge on any atom is -0.481 e. The standard InChI is InChI=1S/C10H14N2O4/c1-2-7-6-8(12-16-7)10(15)11-5-3-4-9(13)14/h6H,2-5H2,1H3,(H,11,15)(H,13,14). The summed E-state index contributed by atoms with van der Waals surface area (Å²) in [6.07, 6.45) is 1.12. The maximum atomic E-state index is 11.4. The molecule has 0 fully saturated rings. The van der Waals surface area contributed by atoms with Crippen LogP contribution in [0.3, 0.4) is 0 Å². The lowest BCUT2D eigenvalue weighted by Crippen LogP contribution is -2.25. The molecule has 1 amide bonds. The van der Waals surface area contributed by atoms with E-state index in [4.69, 9.17) is 9.63 Å². The Morgan fingerprint density at radius 3 is 2.88 bits per heavy atom. The van der Waals surface area contributed by atoms with Crippen LogP contribution in [-0.2, 0) is 11.2 Å². The lowest BCUT2D eigenvalue weighted by Gasteiger charge is -1.99. The Balaban J connectivity index is 2.32. The highest BCUT2D eigenvalue weighted by atomic mass is 16.5. The van der Waals surface area contributed by atoms with Crippen LogP contribution in [-0.4, -0.2) is 28.7 Å². The average molecular weight is 226 g/mol. The molecule has 0 unspecified atom stereocenters. The number of rotatable bonds is 6. The van der Waals surface area contributed by atoms with E-state index in [9.17, 15) is 9.59 Å². The van der Waals surface area contributed by atoms with Crippen molar-refractivity contribution in [2.75, 3.05) is 6.54 Å². The summed E-state index contributed by atoms with van der Waals surface area (Å²) in [5.74, 6) is -0.562. The lowest BCUT2D eigenvalue weighted by atomic mass is 10.3. The third kappa shape index (κ3) is 3.72. The number of aromatic nitrogens is 1. The summed E-state index contributed by atoms with van der Waals surface area (Å²) in [4.78, 5) is 21.7. The SMILES string of the molecule is CCc1cc(C(=O)NCCCC(=O)O)no1. The zero-order valence-corrected chi connectivity index (χ0v) is 9.02. The molecular weight excluding hydrogens is 212 g/mol. The van der Waals surface area contributed by atoms with Crippen LogP contribution in [0.15, 0.2) is 10.6 Å². The van der Waals surface area contributed by atoms with Crippen molar-refractivity contribution in [3.8, 4) is 0 Å². The molecule has 6 nitrogen and oxygen atoms in total. The Morgan fingerprint density at radius 1 is 1.56 bits per heavy atom. The van der Waals surface area contributed by atoms with Gasteiger partial charge in [0.15, 0.2) is 5.69 Å². The van der Waals surface area contributed by atoms with Gasteiger partial charge in [-0.15, -0.1) is 0 Å². The number of aryl methyl sites for hydroxylation is 1. The van der Waals surface area contributed by atoms with E-state index in [0.717, 1.165) is 0 Å². The van der Waals surface area contributed by atoms with E-state index in [-0.39, 0.29) is 18.0 Å². The van der Waals surface area contributed by atoms with Gasteiger partial charge in [0.05, 0.1) is 0 Å². The van der Waals surface area contributed by atoms with Crippen LogP contribution < -0.4 is 5.32 Å². The van der Waals surface area contributed by atoms with Crippen molar-refractivity contribution in [2.24, 2.45) is 0 Å². The Bertz CT molecular complexity index is 373. The van der Waals surface area contributed by atoms with Gasteiger partial charge in [-0.05, 0) is 6.42 Å². The van der Waals surface area contributed by atoms with E-state index in [0.29, 0.717) is 25.1 Å². The number of hydrogen-bond acceptors (Lipinski definition) is 4. The van der Waals surface area contributed by atoms with Gasteiger partial charge in [0.25, 0.3) is 5.91 Å². The predicted octanol–water partition coefficient (Wildman–Crippen LogP) is 0.832. The summed E-state index contributed by atoms with van der Waals surface area (Å²) in [7, 11) is 0. The molecule has 6 heteroatoms. The quantitative estimate of drug-likeness (QED) is 0.701. The maximum Gasteiger partial charge on any atom is 0.303 e. The Morgan fingerprint density at radius 2 is 2.31 bits per heavy atom. The minimum absolute atomic E-state index is 0.0410. The van der Waals surface area contributed by atoms with Crippen LogP contribution in [0.2, 0.25) is 0 Å². The van der Waals surface area contributed by atoms with Crippen molar-refractivity contribution in [3.63, 3.8) is 0 Å². The number of carbonyl (C=O) groups is 2. The second kappa shape index (κ2) is 5.89. The topological polar surface area (TPSA) is 92.4 Å². The monoisotopic (exact) mass is 226 g/mol. The van der Waals surface area contributed by atoms with Crippen LogP contribution in [0.5, 0.6) is 0 Å². The second-order valence-corrected chi connectivity index (χ2v) is 3.29. The van der Waals surface area contributed by atoms with Gasteiger partial charge in [-0.1, -0.05) is 12.1 Å². The molecule has 0 aliphatic carbocycles. The number of nitrogens with zero attached hydrogens (tertiary/aromatic N) is 1. The molecule has 0 radical (unpaired) electrons. The Kier molecular flexibility index (Phi) is 4.50. The molecule has 16 heavy (non-hydrogen) atoms. The van der Waals surface area contributed by atoms with Crippen LogP contribution in [0.25, 0.3) is 0 Å². The zero-order valence-electron chi connectivity index (χ0n) is 9.02. The number of nitrogens with one attached hydrogen (secondary N) is 1. The molecule has 1 heterocycles. The number of hydrogen-bond donors (Lipinski definition) is 2. The fourth-order valence-electron chi connectivity index (χ4n) is 1.12. The van der Waals surface area contributed by atoms with E-state index >= 15 is 0 Å². The number of aliphatic carboxylic acids is 1.